The SMILES string of the molecule is Cn1ccnc1SCC(=O)N1CC[C@H](c2ccc(F)cc2)C1. The van der Waals surface area contributed by atoms with E-state index in [2.05, 4.69) is 4.98 Å². The molecule has 0 bridgehead atoms. The molecule has 0 unspecified atom stereocenters. The number of halogens is 1. The molecule has 6 heteroatoms. The fourth-order valence-corrected chi connectivity index (χ4v) is 3.54. The highest BCUT2D eigenvalue weighted by Gasteiger charge is 2.27. The van der Waals surface area contributed by atoms with Gasteiger partial charge in [0, 0.05) is 38.4 Å². The smallest absolute Gasteiger partial charge is 0.233 e. The number of aromatic nitrogens is 2. The maximum atomic E-state index is 13.0. The highest BCUT2D eigenvalue weighted by molar-refractivity contribution is 7.99. The quantitative estimate of drug-likeness (QED) is 0.813. The van der Waals surface area contributed by atoms with Gasteiger partial charge in [0.2, 0.25) is 5.91 Å². The summed E-state index contributed by atoms with van der Waals surface area (Å²) in [7, 11) is 1.92. The van der Waals surface area contributed by atoms with E-state index in [1.807, 2.05) is 34.8 Å². The third-order valence-corrected chi connectivity index (χ3v) is 5.03. The predicted molar refractivity (Wildman–Crippen MR) is 84.3 cm³/mol. The fourth-order valence-electron chi connectivity index (χ4n) is 2.70. The van der Waals surface area contributed by atoms with E-state index in [4.69, 9.17) is 0 Å². The average Bonchev–Trinajstić information content (AvgIpc) is 3.15. The Balaban J connectivity index is 1.54. The molecule has 1 aromatic carbocycles. The second kappa shape index (κ2) is 6.52. The average molecular weight is 319 g/mol. The number of likely N-dealkylation sites (tertiary alicyclic amines) is 1. The summed E-state index contributed by atoms with van der Waals surface area (Å²) in [4.78, 5) is 18.4. The first kappa shape index (κ1) is 15.1. The van der Waals surface area contributed by atoms with Crippen molar-refractivity contribution in [2.45, 2.75) is 17.5 Å². The van der Waals surface area contributed by atoms with Crippen LogP contribution >= 0.6 is 11.8 Å². The number of rotatable bonds is 4. The van der Waals surface area contributed by atoms with Crippen molar-refractivity contribution in [3.05, 3.63) is 48.0 Å². The van der Waals surface area contributed by atoms with Crippen LogP contribution in [0.5, 0.6) is 0 Å². The molecular weight excluding hydrogens is 301 g/mol. The third-order valence-electron chi connectivity index (χ3n) is 3.98. The van der Waals surface area contributed by atoms with Gasteiger partial charge in [-0.2, -0.15) is 0 Å². The van der Waals surface area contributed by atoms with Gasteiger partial charge in [-0.3, -0.25) is 4.79 Å². The summed E-state index contributed by atoms with van der Waals surface area (Å²) < 4.78 is 14.9. The number of benzene rings is 1. The number of amides is 1. The minimum Gasteiger partial charge on any atom is -0.341 e. The molecule has 2 aromatic rings. The van der Waals surface area contributed by atoms with Gasteiger partial charge < -0.3 is 9.47 Å². The molecule has 3 rings (SSSR count). The van der Waals surface area contributed by atoms with Crippen LogP contribution in [0.25, 0.3) is 0 Å². The van der Waals surface area contributed by atoms with Gasteiger partial charge >= 0.3 is 0 Å². The van der Waals surface area contributed by atoms with E-state index < -0.39 is 0 Å². The summed E-state index contributed by atoms with van der Waals surface area (Å²) >= 11 is 1.46. The number of imidazole rings is 1. The zero-order valence-corrected chi connectivity index (χ0v) is 13.2. The molecule has 1 saturated heterocycles. The van der Waals surface area contributed by atoms with Crippen molar-refractivity contribution in [2.24, 2.45) is 7.05 Å². The summed E-state index contributed by atoms with van der Waals surface area (Å²) in [6, 6.07) is 6.60. The van der Waals surface area contributed by atoms with E-state index in [0.717, 1.165) is 23.7 Å². The first-order chi connectivity index (χ1) is 10.6. The van der Waals surface area contributed by atoms with Gasteiger partial charge in [0.1, 0.15) is 5.82 Å². The highest BCUT2D eigenvalue weighted by atomic mass is 32.2. The molecule has 0 N–H and O–H groups in total. The Morgan fingerprint density at radius 1 is 1.41 bits per heavy atom. The summed E-state index contributed by atoms with van der Waals surface area (Å²) in [6.07, 6.45) is 4.53. The Morgan fingerprint density at radius 3 is 2.86 bits per heavy atom. The molecule has 1 aliphatic heterocycles. The van der Waals surface area contributed by atoms with Crippen molar-refractivity contribution < 1.29 is 9.18 Å². The Morgan fingerprint density at radius 2 is 2.18 bits per heavy atom. The fraction of sp³-hybridized carbons (Fsp3) is 0.375. The second-order valence-corrected chi connectivity index (χ2v) is 6.43. The van der Waals surface area contributed by atoms with Crippen LogP contribution in [0.4, 0.5) is 4.39 Å². The third kappa shape index (κ3) is 3.32. The van der Waals surface area contributed by atoms with Crippen LogP contribution in [0.3, 0.4) is 0 Å². The molecule has 0 aliphatic carbocycles. The zero-order valence-electron chi connectivity index (χ0n) is 12.4. The molecule has 1 amide bonds. The van der Waals surface area contributed by atoms with Crippen LogP contribution in [0.15, 0.2) is 41.8 Å². The van der Waals surface area contributed by atoms with Crippen molar-refractivity contribution in [1.82, 2.24) is 14.5 Å². The normalized spacial score (nSPS) is 17.9. The van der Waals surface area contributed by atoms with Crippen LogP contribution in [0.1, 0.15) is 17.9 Å². The summed E-state index contributed by atoms with van der Waals surface area (Å²) in [6.45, 7) is 1.48. The van der Waals surface area contributed by atoms with Crippen molar-refractivity contribution in [1.29, 1.82) is 0 Å². The molecule has 0 spiro atoms. The van der Waals surface area contributed by atoms with Crippen molar-refractivity contribution in [3.63, 3.8) is 0 Å². The van der Waals surface area contributed by atoms with E-state index in [1.165, 1.54) is 23.9 Å². The van der Waals surface area contributed by atoms with Crippen LogP contribution in [-0.2, 0) is 11.8 Å². The lowest BCUT2D eigenvalue weighted by molar-refractivity contribution is -0.127. The molecule has 116 valence electrons. The molecule has 0 saturated carbocycles. The second-order valence-electron chi connectivity index (χ2n) is 5.49. The minimum atomic E-state index is -0.221. The molecule has 2 heterocycles. The van der Waals surface area contributed by atoms with Crippen molar-refractivity contribution >= 4 is 17.7 Å². The van der Waals surface area contributed by atoms with E-state index >= 15 is 0 Å². The minimum absolute atomic E-state index is 0.137. The monoisotopic (exact) mass is 319 g/mol. The van der Waals surface area contributed by atoms with Gasteiger partial charge in [0.05, 0.1) is 5.75 Å². The standard InChI is InChI=1S/C16H18FN3OS/c1-19-9-7-18-16(19)22-11-15(21)20-8-6-13(10-20)12-2-4-14(17)5-3-12/h2-5,7,9,13H,6,8,10-11H2,1H3/t13-/m0/s1. The Kier molecular flexibility index (Phi) is 4.47. The molecule has 0 radical (unpaired) electrons. The molecule has 1 aliphatic rings. The number of aryl methyl sites for hydroxylation is 1. The van der Waals surface area contributed by atoms with Gasteiger partial charge in [-0.15, -0.1) is 0 Å². The van der Waals surface area contributed by atoms with E-state index in [0.29, 0.717) is 18.2 Å². The molecule has 1 aromatic heterocycles. The summed E-state index contributed by atoms with van der Waals surface area (Å²) in [5, 5.41) is 0.850. The van der Waals surface area contributed by atoms with Crippen LogP contribution < -0.4 is 0 Å². The first-order valence-corrected chi connectivity index (χ1v) is 8.25. The van der Waals surface area contributed by atoms with Gasteiger partial charge in [0.25, 0.3) is 0 Å². The molecule has 4 nitrogen and oxygen atoms in total. The number of thioether (sulfide) groups is 1. The lowest BCUT2D eigenvalue weighted by atomic mass is 9.99. The van der Waals surface area contributed by atoms with Gasteiger partial charge in [0.15, 0.2) is 5.16 Å². The largest absolute Gasteiger partial charge is 0.341 e. The van der Waals surface area contributed by atoms with E-state index in [9.17, 15) is 9.18 Å². The van der Waals surface area contributed by atoms with E-state index in [-0.39, 0.29) is 11.7 Å². The molecular formula is C16H18FN3OS. The number of nitrogens with zero attached hydrogens (tertiary/aromatic N) is 3. The molecule has 1 atom stereocenters. The number of hydrogen-bond donors (Lipinski definition) is 0. The van der Waals surface area contributed by atoms with Crippen molar-refractivity contribution in [2.75, 3.05) is 18.8 Å². The summed E-state index contributed by atoms with van der Waals surface area (Å²) in [5.41, 5.74) is 1.11. The molecule has 22 heavy (non-hydrogen) atoms. The van der Waals surface area contributed by atoms with Crippen LogP contribution in [0.2, 0.25) is 0 Å². The Bertz CT molecular complexity index is 656. The zero-order chi connectivity index (χ0) is 15.5. The van der Waals surface area contributed by atoms with Crippen LogP contribution in [-0.4, -0.2) is 39.2 Å². The Hall–Kier alpha value is -1.82. The number of carbonyl (C=O) groups is 1. The van der Waals surface area contributed by atoms with E-state index in [1.54, 1.807) is 6.20 Å². The highest BCUT2D eigenvalue weighted by Crippen LogP contribution is 2.28. The number of carbonyl (C=O) groups excluding carboxylic acids is 1. The first-order valence-electron chi connectivity index (χ1n) is 7.27. The van der Waals surface area contributed by atoms with Gasteiger partial charge in [-0.05, 0) is 24.1 Å². The lowest BCUT2D eigenvalue weighted by Crippen LogP contribution is -2.30. The maximum Gasteiger partial charge on any atom is 0.233 e. The van der Waals surface area contributed by atoms with Gasteiger partial charge in [-0.25, -0.2) is 9.37 Å². The lowest BCUT2D eigenvalue weighted by Gasteiger charge is -2.16. The molecule has 1 fully saturated rings. The van der Waals surface area contributed by atoms with Crippen LogP contribution in [0, 0.1) is 5.82 Å². The van der Waals surface area contributed by atoms with Gasteiger partial charge in [-0.1, -0.05) is 23.9 Å². The van der Waals surface area contributed by atoms with Crippen molar-refractivity contribution in [3.8, 4) is 0 Å². The maximum absolute atomic E-state index is 13.0. The predicted octanol–water partition coefficient (Wildman–Crippen LogP) is 2.67. The summed E-state index contributed by atoms with van der Waals surface area (Å²) in [5.74, 6) is 0.627. The topological polar surface area (TPSA) is 38.1 Å². The number of hydrogen-bond acceptors (Lipinski definition) is 3. The Labute approximate surface area is 133 Å².